The number of carbonyl (C=O) groups excluding carboxylic acids is 1. The molecule has 2 N–H and O–H groups in total. The smallest absolute Gasteiger partial charge is 0.293 e. The highest BCUT2D eigenvalue weighted by atomic mass is 16.3. The van der Waals surface area contributed by atoms with E-state index in [-0.39, 0.29) is 11.7 Å². The minimum absolute atomic E-state index is 0.167. The summed E-state index contributed by atoms with van der Waals surface area (Å²) in [6.07, 6.45) is 0.139. The van der Waals surface area contributed by atoms with Gasteiger partial charge in [-0.2, -0.15) is 0 Å². The Morgan fingerprint density at radius 1 is 1.67 bits per heavy atom. The Balaban J connectivity index is 2.53. The number of rotatable bonds is 4. The number of aryl methyl sites for hydroxylation is 1. The molecule has 84 valence electrons. The fourth-order valence-electron chi connectivity index (χ4n) is 1.09. The average Bonchev–Trinajstić information content (AvgIpc) is 2.60. The van der Waals surface area contributed by atoms with E-state index < -0.39 is 6.10 Å². The molecule has 6 nitrogen and oxygen atoms in total. The van der Waals surface area contributed by atoms with Crippen LogP contribution in [0.1, 0.15) is 29.8 Å². The van der Waals surface area contributed by atoms with E-state index in [2.05, 4.69) is 15.2 Å². The Hall–Kier alpha value is -1.43. The third-order valence-corrected chi connectivity index (χ3v) is 2.02. The minimum Gasteiger partial charge on any atom is -0.393 e. The number of nitrogens with one attached hydrogen (secondary N) is 1. The van der Waals surface area contributed by atoms with Crippen LogP contribution in [0.15, 0.2) is 0 Å². The molecule has 1 atom stereocenters. The Morgan fingerprint density at radius 3 is 2.80 bits per heavy atom. The summed E-state index contributed by atoms with van der Waals surface area (Å²) in [7, 11) is 1.66. The summed E-state index contributed by atoms with van der Waals surface area (Å²) in [4.78, 5) is 17.1. The van der Waals surface area contributed by atoms with Gasteiger partial charge in [-0.1, -0.05) is 0 Å². The SMILES string of the molecule is Cc1nc(C(=O)N(C)CCC(C)O)n[nH]1. The van der Waals surface area contributed by atoms with Gasteiger partial charge in [-0.25, -0.2) is 4.98 Å². The van der Waals surface area contributed by atoms with E-state index in [1.165, 1.54) is 4.90 Å². The summed E-state index contributed by atoms with van der Waals surface area (Å²) in [5.74, 6) is 0.544. The van der Waals surface area contributed by atoms with Crippen molar-refractivity contribution in [1.29, 1.82) is 0 Å². The summed E-state index contributed by atoms with van der Waals surface area (Å²) >= 11 is 0. The molecule has 0 radical (unpaired) electrons. The summed E-state index contributed by atoms with van der Waals surface area (Å²) < 4.78 is 0. The molecule has 0 saturated carbocycles. The van der Waals surface area contributed by atoms with Crippen LogP contribution in [0.25, 0.3) is 0 Å². The van der Waals surface area contributed by atoms with Gasteiger partial charge in [0.25, 0.3) is 5.91 Å². The molecule has 6 heteroatoms. The fraction of sp³-hybridized carbons (Fsp3) is 0.667. The number of hydrogen-bond donors (Lipinski definition) is 2. The van der Waals surface area contributed by atoms with E-state index in [0.717, 1.165) is 0 Å². The van der Waals surface area contributed by atoms with Crippen LogP contribution in [0.4, 0.5) is 0 Å². The molecule has 0 fully saturated rings. The van der Waals surface area contributed by atoms with Gasteiger partial charge < -0.3 is 10.0 Å². The zero-order chi connectivity index (χ0) is 11.4. The molecule has 1 aromatic heterocycles. The van der Waals surface area contributed by atoms with Crippen molar-refractivity contribution >= 4 is 5.91 Å². The average molecular weight is 212 g/mol. The first-order chi connectivity index (χ1) is 7.00. The second-order valence-electron chi connectivity index (χ2n) is 3.61. The topological polar surface area (TPSA) is 82.1 Å². The standard InChI is InChI=1S/C9H16N4O2/c1-6(14)4-5-13(3)9(15)8-10-7(2)11-12-8/h6,14H,4-5H2,1-3H3,(H,10,11,12). The van der Waals surface area contributed by atoms with Gasteiger partial charge in [-0.15, -0.1) is 5.10 Å². The highest BCUT2D eigenvalue weighted by Gasteiger charge is 2.16. The van der Waals surface area contributed by atoms with Crippen molar-refractivity contribution < 1.29 is 9.90 Å². The summed E-state index contributed by atoms with van der Waals surface area (Å²) in [5, 5.41) is 15.5. The van der Waals surface area contributed by atoms with E-state index in [1.807, 2.05) is 0 Å². The number of nitrogens with zero attached hydrogens (tertiary/aromatic N) is 3. The maximum absolute atomic E-state index is 11.7. The minimum atomic E-state index is -0.408. The molecule has 0 aromatic carbocycles. The van der Waals surface area contributed by atoms with Crippen LogP contribution in [-0.4, -0.2) is 50.8 Å². The number of aliphatic hydroxyl groups excluding tert-OH is 1. The molecule has 1 heterocycles. The van der Waals surface area contributed by atoms with Crippen molar-refractivity contribution in [3.8, 4) is 0 Å². The Labute approximate surface area is 88.3 Å². The first-order valence-corrected chi connectivity index (χ1v) is 4.83. The molecule has 1 unspecified atom stereocenters. The number of amides is 1. The fourth-order valence-corrected chi connectivity index (χ4v) is 1.09. The highest BCUT2D eigenvalue weighted by Crippen LogP contribution is 1.99. The van der Waals surface area contributed by atoms with E-state index in [4.69, 9.17) is 5.11 Å². The summed E-state index contributed by atoms with van der Waals surface area (Å²) in [6.45, 7) is 3.92. The Kier molecular flexibility index (Phi) is 3.79. The van der Waals surface area contributed by atoms with E-state index in [9.17, 15) is 4.79 Å². The summed E-state index contributed by atoms with van der Waals surface area (Å²) in [6, 6.07) is 0. The van der Waals surface area contributed by atoms with Crippen molar-refractivity contribution in [3.05, 3.63) is 11.6 Å². The number of hydrogen-bond acceptors (Lipinski definition) is 4. The van der Waals surface area contributed by atoms with E-state index in [1.54, 1.807) is 20.9 Å². The first-order valence-electron chi connectivity index (χ1n) is 4.83. The second-order valence-corrected chi connectivity index (χ2v) is 3.61. The molecule has 1 aromatic rings. The lowest BCUT2D eigenvalue weighted by molar-refractivity contribution is 0.0757. The predicted octanol–water partition coefficient (Wildman–Crippen LogP) is -0.0440. The summed E-state index contributed by atoms with van der Waals surface area (Å²) in [5.41, 5.74) is 0. The molecule has 0 saturated heterocycles. The molecular weight excluding hydrogens is 196 g/mol. The van der Waals surface area contributed by atoms with E-state index >= 15 is 0 Å². The molecule has 0 bridgehead atoms. The maximum Gasteiger partial charge on any atom is 0.293 e. The van der Waals surface area contributed by atoms with Crippen LogP contribution < -0.4 is 0 Å². The monoisotopic (exact) mass is 212 g/mol. The largest absolute Gasteiger partial charge is 0.393 e. The number of aliphatic hydroxyl groups is 1. The molecule has 0 spiro atoms. The Bertz CT molecular complexity index is 335. The second kappa shape index (κ2) is 4.88. The normalized spacial score (nSPS) is 12.5. The van der Waals surface area contributed by atoms with Crippen molar-refractivity contribution in [2.24, 2.45) is 0 Å². The van der Waals surface area contributed by atoms with E-state index in [0.29, 0.717) is 18.8 Å². The lowest BCUT2D eigenvalue weighted by Crippen LogP contribution is -2.30. The van der Waals surface area contributed by atoms with Gasteiger partial charge in [0.05, 0.1) is 6.10 Å². The third kappa shape index (κ3) is 3.32. The lowest BCUT2D eigenvalue weighted by Gasteiger charge is -2.15. The van der Waals surface area contributed by atoms with Crippen LogP contribution in [-0.2, 0) is 0 Å². The molecule has 1 amide bonds. The number of aromatic nitrogens is 3. The van der Waals surface area contributed by atoms with Gasteiger partial charge in [0.15, 0.2) is 0 Å². The van der Waals surface area contributed by atoms with Gasteiger partial charge in [0.1, 0.15) is 5.82 Å². The number of aromatic amines is 1. The van der Waals surface area contributed by atoms with Crippen molar-refractivity contribution in [2.45, 2.75) is 26.4 Å². The van der Waals surface area contributed by atoms with Crippen molar-refractivity contribution in [2.75, 3.05) is 13.6 Å². The molecule has 0 aliphatic rings. The van der Waals surface area contributed by atoms with Gasteiger partial charge >= 0.3 is 0 Å². The van der Waals surface area contributed by atoms with Crippen molar-refractivity contribution in [3.63, 3.8) is 0 Å². The zero-order valence-corrected chi connectivity index (χ0v) is 9.19. The lowest BCUT2D eigenvalue weighted by atomic mass is 10.3. The molecule has 0 aliphatic heterocycles. The molecule has 1 rings (SSSR count). The van der Waals surface area contributed by atoms with Crippen LogP contribution in [0.3, 0.4) is 0 Å². The van der Waals surface area contributed by atoms with Gasteiger partial charge in [-0.05, 0) is 20.3 Å². The molecular formula is C9H16N4O2. The molecule has 15 heavy (non-hydrogen) atoms. The number of H-pyrrole nitrogens is 1. The quantitative estimate of drug-likeness (QED) is 0.733. The highest BCUT2D eigenvalue weighted by molar-refractivity contribution is 5.90. The zero-order valence-electron chi connectivity index (χ0n) is 9.19. The van der Waals surface area contributed by atoms with Crippen LogP contribution in [0.5, 0.6) is 0 Å². The van der Waals surface area contributed by atoms with Crippen molar-refractivity contribution in [1.82, 2.24) is 20.1 Å². The van der Waals surface area contributed by atoms with Gasteiger partial charge in [0.2, 0.25) is 5.82 Å². The maximum atomic E-state index is 11.7. The van der Waals surface area contributed by atoms with Gasteiger partial charge in [-0.3, -0.25) is 9.89 Å². The van der Waals surface area contributed by atoms with Gasteiger partial charge in [0, 0.05) is 13.6 Å². The van der Waals surface area contributed by atoms with Crippen LogP contribution >= 0.6 is 0 Å². The first kappa shape index (κ1) is 11.6. The Morgan fingerprint density at radius 2 is 2.33 bits per heavy atom. The third-order valence-electron chi connectivity index (χ3n) is 2.02. The van der Waals surface area contributed by atoms with Crippen LogP contribution in [0.2, 0.25) is 0 Å². The molecule has 0 aliphatic carbocycles. The predicted molar refractivity (Wildman–Crippen MR) is 54.4 cm³/mol. The van der Waals surface area contributed by atoms with Crippen LogP contribution in [0, 0.1) is 6.92 Å². The number of carbonyl (C=O) groups is 1.